The van der Waals surface area contributed by atoms with Crippen LogP contribution in [0, 0.1) is 20.8 Å². The second-order valence-electron chi connectivity index (χ2n) is 5.53. The SMILES string of the molecule is Cc1cccc(S(=O)(=O)NCCCc2nc(C)c(C(=O)O)s2)c1C. The minimum Gasteiger partial charge on any atom is -0.477 e. The molecule has 1 aromatic carbocycles. The lowest BCUT2D eigenvalue weighted by Crippen LogP contribution is -2.26. The third-order valence-corrected chi connectivity index (χ3v) is 6.55. The molecule has 2 rings (SSSR count). The number of aryl methyl sites for hydroxylation is 3. The number of aromatic nitrogens is 1. The van der Waals surface area contributed by atoms with Crippen LogP contribution in [0.1, 0.15) is 37.9 Å². The highest BCUT2D eigenvalue weighted by molar-refractivity contribution is 7.89. The van der Waals surface area contributed by atoms with Gasteiger partial charge in [0.05, 0.1) is 15.6 Å². The Morgan fingerprint density at radius 3 is 2.62 bits per heavy atom. The second kappa shape index (κ2) is 7.42. The number of hydrogen-bond acceptors (Lipinski definition) is 5. The summed E-state index contributed by atoms with van der Waals surface area (Å²) in [6.07, 6.45) is 1.09. The molecular formula is C16H20N2O4S2. The highest BCUT2D eigenvalue weighted by Gasteiger charge is 2.17. The molecule has 2 N–H and O–H groups in total. The largest absolute Gasteiger partial charge is 0.477 e. The molecule has 0 fully saturated rings. The standard InChI is InChI=1S/C16H20N2O4S2/c1-10-6-4-7-13(11(10)2)24(21,22)17-9-5-8-14-18-12(3)15(23-14)16(19)20/h4,6-7,17H,5,8-9H2,1-3H3,(H,19,20). The Hall–Kier alpha value is -1.77. The summed E-state index contributed by atoms with van der Waals surface area (Å²) in [5.41, 5.74) is 2.17. The number of benzene rings is 1. The molecule has 1 aromatic heterocycles. The van der Waals surface area contributed by atoms with Crippen LogP contribution in [0.3, 0.4) is 0 Å². The summed E-state index contributed by atoms with van der Waals surface area (Å²) < 4.78 is 27.3. The molecule has 0 aliphatic heterocycles. The van der Waals surface area contributed by atoms with Gasteiger partial charge in [-0.3, -0.25) is 0 Å². The molecule has 0 saturated carbocycles. The number of nitrogens with zero attached hydrogens (tertiary/aromatic N) is 1. The summed E-state index contributed by atoms with van der Waals surface area (Å²) in [5, 5.41) is 9.71. The number of rotatable bonds is 7. The molecule has 0 saturated heterocycles. The van der Waals surface area contributed by atoms with E-state index in [0.29, 0.717) is 28.4 Å². The Kier molecular flexibility index (Phi) is 5.74. The first-order valence-electron chi connectivity index (χ1n) is 7.48. The lowest BCUT2D eigenvalue weighted by molar-refractivity contribution is 0.0701. The van der Waals surface area contributed by atoms with Crippen molar-refractivity contribution in [2.24, 2.45) is 0 Å². The molecule has 0 amide bonds. The molecule has 0 unspecified atom stereocenters. The van der Waals surface area contributed by atoms with E-state index in [-0.39, 0.29) is 11.4 Å². The fourth-order valence-electron chi connectivity index (χ4n) is 2.30. The van der Waals surface area contributed by atoms with Crippen molar-refractivity contribution >= 4 is 27.3 Å². The summed E-state index contributed by atoms with van der Waals surface area (Å²) in [6, 6.07) is 5.19. The fourth-order valence-corrected chi connectivity index (χ4v) is 4.63. The zero-order valence-corrected chi connectivity index (χ0v) is 15.4. The van der Waals surface area contributed by atoms with Gasteiger partial charge in [0.1, 0.15) is 4.88 Å². The molecule has 6 nitrogen and oxygen atoms in total. The Bertz CT molecular complexity index is 857. The minimum atomic E-state index is -3.55. The quantitative estimate of drug-likeness (QED) is 0.733. The Labute approximate surface area is 145 Å². The maximum atomic E-state index is 12.4. The van der Waals surface area contributed by atoms with Gasteiger partial charge in [0.25, 0.3) is 0 Å². The molecule has 8 heteroatoms. The number of carbonyl (C=O) groups is 1. The van der Waals surface area contributed by atoms with E-state index in [1.807, 2.05) is 13.0 Å². The van der Waals surface area contributed by atoms with Crippen LogP contribution in [0.5, 0.6) is 0 Å². The van der Waals surface area contributed by atoms with Crippen molar-refractivity contribution in [3.05, 3.63) is 44.9 Å². The maximum Gasteiger partial charge on any atom is 0.347 e. The Morgan fingerprint density at radius 2 is 2.00 bits per heavy atom. The number of nitrogens with one attached hydrogen (secondary N) is 1. The van der Waals surface area contributed by atoms with Crippen molar-refractivity contribution in [1.29, 1.82) is 0 Å². The molecule has 24 heavy (non-hydrogen) atoms. The van der Waals surface area contributed by atoms with Crippen molar-refractivity contribution < 1.29 is 18.3 Å². The molecule has 0 atom stereocenters. The van der Waals surface area contributed by atoms with Crippen LogP contribution in [0.15, 0.2) is 23.1 Å². The number of thiazole rings is 1. The van der Waals surface area contributed by atoms with Crippen LogP contribution >= 0.6 is 11.3 Å². The van der Waals surface area contributed by atoms with Crippen LogP contribution in [0.4, 0.5) is 0 Å². The normalized spacial score (nSPS) is 11.6. The van der Waals surface area contributed by atoms with Gasteiger partial charge >= 0.3 is 5.97 Å². The molecule has 0 aliphatic rings. The summed E-state index contributed by atoms with van der Waals surface area (Å²) in [5.74, 6) is -0.980. The minimum absolute atomic E-state index is 0.237. The van der Waals surface area contributed by atoms with Gasteiger partial charge in [0, 0.05) is 13.0 Å². The first kappa shape index (κ1) is 18.6. The van der Waals surface area contributed by atoms with Gasteiger partial charge in [0.2, 0.25) is 10.0 Å². The van der Waals surface area contributed by atoms with Gasteiger partial charge in [-0.05, 0) is 44.4 Å². The van der Waals surface area contributed by atoms with Crippen molar-refractivity contribution in [3.8, 4) is 0 Å². The topological polar surface area (TPSA) is 96.4 Å². The van der Waals surface area contributed by atoms with Gasteiger partial charge in [-0.25, -0.2) is 22.9 Å². The second-order valence-corrected chi connectivity index (χ2v) is 8.35. The summed E-state index contributed by atoms with van der Waals surface area (Å²) in [7, 11) is -3.55. The van der Waals surface area contributed by atoms with Crippen molar-refractivity contribution in [3.63, 3.8) is 0 Å². The van der Waals surface area contributed by atoms with Gasteiger partial charge in [0.15, 0.2) is 0 Å². The zero-order valence-electron chi connectivity index (χ0n) is 13.8. The third kappa shape index (κ3) is 4.19. The molecule has 0 radical (unpaired) electrons. The van der Waals surface area contributed by atoms with Crippen LogP contribution in [-0.2, 0) is 16.4 Å². The van der Waals surface area contributed by atoms with E-state index in [1.54, 1.807) is 26.0 Å². The molecule has 0 spiro atoms. The predicted molar refractivity (Wildman–Crippen MR) is 93.2 cm³/mol. The van der Waals surface area contributed by atoms with Crippen molar-refractivity contribution in [1.82, 2.24) is 9.71 Å². The predicted octanol–water partition coefficient (Wildman–Crippen LogP) is 2.68. The smallest absolute Gasteiger partial charge is 0.347 e. The molecule has 2 aromatic rings. The van der Waals surface area contributed by atoms with Crippen LogP contribution in [0.25, 0.3) is 0 Å². The van der Waals surface area contributed by atoms with E-state index in [1.165, 1.54) is 0 Å². The third-order valence-electron chi connectivity index (χ3n) is 3.74. The average molecular weight is 368 g/mol. The lowest BCUT2D eigenvalue weighted by Gasteiger charge is -2.10. The Balaban J connectivity index is 1.95. The highest BCUT2D eigenvalue weighted by Crippen LogP contribution is 2.20. The van der Waals surface area contributed by atoms with Crippen molar-refractivity contribution in [2.75, 3.05) is 6.54 Å². The summed E-state index contributed by atoms with van der Waals surface area (Å²) >= 11 is 1.14. The van der Waals surface area contributed by atoms with Crippen LogP contribution in [0.2, 0.25) is 0 Å². The van der Waals surface area contributed by atoms with E-state index in [0.717, 1.165) is 22.5 Å². The number of aromatic carboxylic acids is 1. The van der Waals surface area contributed by atoms with Gasteiger partial charge in [-0.1, -0.05) is 12.1 Å². The zero-order chi connectivity index (χ0) is 17.9. The van der Waals surface area contributed by atoms with Gasteiger partial charge < -0.3 is 5.11 Å². The highest BCUT2D eigenvalue weighted by atomic mass is 32.2. The summed E-state index contributed by atoms with van der Waals surface area (Å²) in [6.45, 7) is 5.60. The lowest BCUT2D eigenvalue weighted by atomic mass is 10.1. The van der Waals surface area contributed by atoms with Crippen LogP contribution < -0.4 is 4.72 Å². The molecule has 130 valence electrons. The first-order valence-corrected chi connectivity index (χ1v) is 9.78. The fraction of sp³-hybridized carbons (Fsp3) is 0.375. The Morgan fingerprint density at radius 1 is 1.29 bits per heavy atom. The van der Waals surface area contributed by atoms with Gasteiger partial charge in [-0.15, -0.1) is 11.3 Å². The van der Waals surface area contributed by atoms with E-state index < -0.39 is 16.0 Å². The number of hydrogen-bond donors (Lipinski definition) is 2. The molecule has 0 bridgehead atoms. The van der Waals surface area contributed by atoms with E-state index in [2.05, 4.69) is 9.71 Å². The molecule has 0 aliphatic carbocycles. The number of carboxylic acids is 1. The van der Waals surface area contributed by atoms with Crippen molar-refractivity contribution in [2.45, 2.75) is 38.5 Å². The van der Waals surface area contributed by atoms with Gasteiger partial charge in [-0.2, -0.15) is 0 Å². The maximum absolute atomic E-state index is 12.4. The van der Waals surface area contributed by atoms with E-state index in [4.69, 9.17) is 5.11 Å². The molecular weight excluding hydrogens is 348 g/mol. The number of carboxylic acid groups (broad SMARTS) is 1. The van der Waals surface area contributed by atoms with E-state index >= 15 is 0 Å². The monoisotopic (exact) mass is 368 g/mol. The summed E-state index contributed by atoms with van der Waals surface area (Å²) in [4.78, 5) is 15.7. The van der Waals surface area contributed by atoms with Crippen LogP contribution in [-0.4, -0.2) is 31.0 Å². The van der Waals surface area contributed by atoms with E-state index in [9.17, 15) is 13.2 Å². The first-order chi connectivity index (χ1) is 11.2. The average Bonchev–Trinajstić information content (AvgIpc) is 2.87. The molecule has 1 heterocycles. The number of sulfonamides is 1.